The van der Waals surface area contributed by atoms with Crippen molar-refractivity contribution >= 4 is 41.6 Å². The third kappa shape index (κ3) is 16.6. The van der Waals surface area contributed by atoms with Crippen molar-refractivity contribution < 1.29 is 46.2 Å². The molecule has 1 unspecified atom stereocenters. The highest BCUT2D eigenvalue weighted by Crippen LogP contribution is 2.21. The number of carbonyl (C=O) groups excluding carboxylic acids is 2. The standard InChI is InChI=1S/C37H60N20O5.ClH/c1-3-19-60-21-23-62-24-22-61-20-10-44-35-45-36(54-15-11-52(12-16-54)31(58)27-56-25-29(48-50-56)6-4-8-42-33(38)39)47-37(46-35)55-17-13-53(14-18-55)32(59)28(2)57-26-30(49-51-57)7-5-9-43-34(40)41;/h1,25-26,28H,4-24,27H2,2H3,(H4,38,39,42)(H4,40,41,43)(H,44,45,46,47);1H/p+1. The van der Waals surface area contributed by atoms with Crippen LogP contribution in [0.25, 0.3) is 0 Å². The highest BCUT2D eigenvalue weighted by molar-refractivity contribution is 5.80. The molecule has 0 aromatic carbocycles. The van der Waals surface area contributed by atoms with Gasteiger partial charge in [0, 0.05) is 71.3 Å². The van der Waals surface area contributed by atoms with Gasteiger partial charge in [-0.25, -0.2) is 9.36 Å². The van der Waals surface area contributed by atoms with Gasteiger partial charge in [0.1, 0.15) is 19.2 Å². The van der Waals surface area contributed by atoms with E-state index in [-0.39, 0.29) is 49.3 Å². The van der Waals surface area contributed by atoms with E-state index < -0.39 is 6.04 Å². The third-order valence-electron chi connectivity index (χ3n) is 9.93. The first-order valence-electron chi connectivity index (χ1n) is 20.9. The summed E-state index contributed by atoms with van der Waals surface area (Å²) in [6.45, 7) is 9.88. The first-order chi connectivity index (χ1) is 30.1. The molecular weight excluding hydrogens is 840 g/mol. The summed E-state index contributed by atoms with van der Waals surface area (Å²) in [5.74, 6) is 4.04. The Morgan fingerprint density at radius 1 is 0.762 bits per heavy atom. The molecule has 2 saturated heterocycles. The number of anilines is 3. The van der Waals surface area contributed by atoms with Gasteiger partial charge in [0.05, 0.1) is 57.5 Å². The SMILES string of the molecule is C#CCOCCOCCOCCNc1nc(N2CCN(C(=O)Cn3cc(CCC[NH+]=C(N)N)nn3)CC2)nc(N2CCN(C(=O)C(C)n3cc(CCC[NH+]=C(N)N)nn3)CC2)n1.[Cl-]. The molecule has 0 aliphatic carbocycles. The van der Waals surface area contributed by atoms with Gasteiger partial charge >= 0.3 is 11.9 Å². The van der Waals surface area contributed by atoms with Crippen molar-refractivity contribution in [3.63, 3.8) is 0 Å². The van der Waals surface area contributed by atoms with Crippen LogP contribution in [-0.2, 0) is 43.2 Å². The second-order valence-electron chi connectivity index (χ2n) is 14.6. The molecular formula is C37H62ClN20O5+. The molecule has 2 aliphatic heterocycles. The summed E-state index contributed by atoms with van der Waals surface area (Å²) in [5.41, 5.74) is 23.4. The number of rotatable bonds is 25. The Kier molecular flexibility index (Phi) is 20.8. The third-order valence-corrected chi connectivity index (χ3v) is 9.93. The van der Waals surface area contributed by atoms with E-state index in [0.29, 0.717) is 136 Å². The van der Waals surface area contributed by atoms with Crippen molar-refractivity contribution in [2.75, 3.05) is 127 Å². The van der Waals surface area contributed by atoms with Crippen LogP contribution >= 0.6 is 0 Å². The van der Waals surface area contributed by atoms with Crippen molar-refractivity contribution in [3.8, 4) is 12.3 Å². The van der Waals surface area contributed by atoms with Crippen LogP contribution in [0.5, 0.6) is 0 Å². The summed E-state index contributed by atoms with van der Waals surface area (Å²) in [5, 5.41) is 20.1. The molecule has 5 heterocycles. The van der Waals surface area contributed by atoms with Gasteiger partial charge in [-0.2, -0.15) is 15.0 Å². The van der Waals surface area contributed by atoms with Crippen molar-refractivity contribution in [3.05, 3.63) is 23.8 Å². The molecule has 5 rings (SSSR count). The van der Waals surface area contributed by atoms with E-state index in [1.165, 1.54) is 0 Å². The number of aryl methyl sites for hydroxylation is 2. The molecule has 0 bridgehead atoms. The molecule has 25 nitrogen and oxygen atoms in total. The Hall–Kier alpha value is -6.10. The number of hydrogen-bond donors (Lipinski definition) is 7. The number of piperazine rings is 2. The Bertz CT molecular complexity index is 1950. The number of aromatic nitrogens is 9. The van der Waals surface area contributed by atoms with Gasteiger partial charge in [-0.3, -0.25) is 42.5 Å². The highest BCUT2D eigenvalue weighted by atomic mass is 35.5. The van der Waals surface area contributed by atoms with Gasteiger partial charge in [-0.1, -0.05) is 16.3 Å². The zero-order valence-electron chi connectivity index (χ0n) is 35.9. The van der Waals surface area contributed by atoms with Crippen LogP contribution in [0, 0.1) is 12.3 Å². The minimum atomic E-state index is -0.525. The van der Waals surface area contributed by atoms with E-state index >= 15 is 0 Å². The van der Waals surface area contributed by atoms with E-state index in [1.54, 1.807) is 21.8 Å². The van der Waals surface area contributed by atoms with Gasteiger partial charge in [0.2, 0.25) is 29.7 Å². The molecule has 0 spiro atoms. The fourth-order valence-electron chi connectivity index (χ4n) is 6.57. The van der Waals surface area contributed by atoms with Gasteiger partial charge < -0.3 is 51.5 Å². The monoisotopic (exact) mass is 901 g/mol. The molecule has 2 fully saturated rings. The number of nitrogens with two attached hydrogens (primary N) is 4. The number of halogens is 1. The molecule has 3 aromatic heterocycles. The zero-order chi connectivity index (χ0) is 44.1. The molecule has 26 heteroatoms. The lowest BCUT2D eigenvalue weighted by Gasteiger charge is -2.37. The maximum atomic E-state index is 13.6. The van der Waals surface area contributed by atoms with Gasteiger partial charge in [0.25, 0.3) is 0 Å². The van der Waals surface area contributed by atoms with Crippen molar-refractivity contribution in [1.82, 2.24) is 54.7 Å². The predicted octanol–water partition coefficient (Wildman–Crippen LogP) is -10.0. The van der Waals surface area contributed by atoms with Crippen LogP contribution < -0.4 is 60.4 Å². The van der Waals surface area contributed by atoms with Gasteiger partial charge in [0.15, 0.2) is 0 Å². The number of nitrogens with zero attached hydrogens (tertiary/aromatic N) is 13. The molecule has 1 atom stereocenters. The fourth-order valence-corrected chi connectivity index (χ4v) is 6.57. The number of hydrogen-bond acceptors (Lipinski definition) is 15. The van der Waals surface area contributed by atoms with Crippen LogP contribution in [0.4, 0.5) is 17.8 Å². The summed E-state index contributed by atoms with van der Waals surface area (Å²) in [4.78, 5) is 54.7. The Balaban J connectivity index is 0.00000871. The van der Waals surface area contributed by atoms with E-state index in [2.05, 4.69) is 41.8 Å². The van der Waals surface area contributed by atoms with Crippen molar-refractivity contribution in [1.29, 1.82) is 0 Å². The summed E-state index contributed by atoms with van der Waals surface area (Å²) >= 11 is 0. The van der Waals surface area contributed by atoms with Crippen LogP contribution in [0.3, 0.4) is 0 Å². The van der Waals surface area contributed by atoms with Crippen molar-refractivity contribution in [2.45, 2.75) is 45.2 Å². The number of ether oxygens (including phenoxy) is 3. The number of nitrogens with one attached hydrogen (secondary N) is 3. The van der Waals surface area contributed by atoms with E-state index in [1.807, 2.05) is 26.5 Å². The number of terminal acetylenes is 1. The lowest BCUT2D eigenvalue weighted by molar-refractivity contribution is -0.460. The maximum absolute atomic E-state index is 13.6. The largest absolute Gasteiger partial charge is 1.00 e. The lowest BCUT2D eigenvalue weighted by Crippen LogP contribution is -3.00. The van der Waals surface area contributed by atoms with Gasteiger partial charge in [-0.15, -0.1) is 16.6 Å². The lowest BCUT2D eigenvalue weighted by atomic mass is 10.2. The average molecular weight is 902 g/mol. The molecule has 2 aliphatic rings. The minimum Gasteiger partial charge on any atom is -1.00 e. The topological polar surface area (TPSA) is 319 Å². The Morgan fingerprint density at radius 2 is 1.30 bits per heavy atom. The summed E-state index contributed by atoms with van der Waals surface area (Å²) < 4.78 is 19.6. The van der Waals surface area contributed by atoms with Crippen LogP contribution in [0.15, 0.2) is 12.4 Å². The smallest absolute Gasteiger partial charge is 0.338 e. The molecule has 346 valence electrons. The molecule has 0 saturated carbocycles. The van der Waals surface area contributed by atoms with Crippen LogP contribution in [0.2, 0.25) is 0 Å². The summed E-state index contributed by atoms with van der Waals surface area (Å²) in [6.07, 6.45) is 11.6. The number of guanidine groups is 2. The minimum absolute atomic E-state index is 0. The normalized spacial score (nSPS) is 14.4. The molecule has 3 aromatic rings. The summed E-state index contributed by atoms with van der Waals surface area (Å²) in [7, 11) is 0. The second kappa shape index (κ2) is 26.4. The van der Waals surface area contributed by atoms with Gasteiger partial charge in [-0.05, 0) is 32.6 Å². The quantitative estimate of drug-likeness (QED) is 0.0180. The van der Waals surface area contributed by atoms with Crippen molar-refractivity contribution in [2.24, 2.45) is 22.9 Å². The van der Waals surface area contributed by atoms with E-state index in [0.717, 1.165) is 24.2 Å². The highest BCUT2D eigenvalue weighted by Gasteiger charge is 2.29. The zero-order valence-corrected chi connectivity index (χ0v) is 36.7. The van der Waals surface area contributed by atoms with E-state index in [4.69, 9.17) is 58.5 Å². The number of amides is 2. The summed E-state index contributed by atoms with van der Waals surface area (Å²) in [6, 6.07) is -0.525. The Morgan fingerprint density at radius 3 is 1.89 bits per heavy atom. The molecule has 11 N–H and O–H groups in total. The Labute approximate surface area is 372 Å². The maximum Gasteiger partial charge on any atom is 0.338 e. The average Bonchev–Trinajstić information content (AvgIpc) is 3.95. The van der Waals surface area contributed by atoms with Crippen LogP contribution in [-0.4, -0.2) is 190 Å². The first kappa shape index (κ1) is 49.6. The molecule has 63 heavy (non-hydrogen) atoms. The molecule has 0 radical (unpaired) electrons. The first-order valence-corrected chi connectivity index (χ1v) is 20.9. The van der Waals surface area contributed by atoms with Crippen LogP contribution in [0.1, 0.15) is 37.2 Å². The fraction of sp³-hybridized carbons (Fsp3) is 0.649. The van der Waals surface area contributed by atoms with E-state index in [9.17, 15) is 9.59 Å². The second-order valence-corrected chi connectivity index (χ2v) is 14.6. The molecule has 2 amide bonds. The number of carbonyl (C=O) groups is 2. The predicted molar refractivity (Wildman–Crippen MR) is 227 cm³/mol.